The van der Waals surface area contributed by atoms with Crippen LogP contribution in [-0.2, 0) is 0 Å². The highest BCUT2D eigenvalue weighted by molar-refractivity contribution is 7.17. The number of fused-ring (bicyclic) bond motifs is 1. The summed E-state index contributed by atoms with van der Waals surface area (Å²) in [6, 6.07) is 2.80. The number of hydrogen-bond acceptors (Lipinski definition) is 2. The van der Waals surface area contributed by atoms with Crippen molar-refractivity contribution in [2.75, 3.05) is 0 Å². The van der Waals surface area contributed by atoms with Gasteiger partial charge >= 0.3 is 0 Å². The average molecular weight is 215 g/mol. The highest BCUT2D eigenvalue weighted by Crippen LogP contribution is 2.32. The van der Waals surface area contributed by atoms with Crippen LogP contribution in [0.3, 0.4) is 0 Å². The van der Waals surface area contributed by atoms with Crippen molar-refractivity contribution in [3.8, 4) is 0 Å². The zero-order valence-electron chi connectivity index (χ0n) is 6.38. The second-order valence-electron chi connectivity index (χ2n) is 2.58. The molecule has 13 heavy (non-hydrogen) atoms. The molecule has 0 N–H and O–H groups in total. The monoisotopic (exact) mass is 214 g/mol. The minimum absolute atomic E-state index is 0.310. The number of rotatable bonds is 1. The van der Waals surface area contributed by atoms with Gasteiger partial charge in [-0.05, 0) is 12.1 Å². The van der Waals surface area contributed by atoms with E-state index in [0.717, 1.165) is 0 Å². The Hall–Kier alpha value is -0.930. The third-order valence-electron chi connectivity index (χ3n) is 1.74. The van der Waals surface area contributed by atoms with Crippen molar-refractivity contribution >= 4 is 39.3 Å². The molecule has 0 spiro atoms. The van der Waals surface area contributed by atoms with Gasteiger partial charge in [0, 0.05) is 16.3 Å². The van der Waals surface area contributed by atoms with Gasteiger partial charge in [0.25, 0.3) is 0 Å². The number of hydrogen-bond donors (Lipinski definition) is 0. The molecule has 4 heteroatoms. The Morgan fingerprint density at radius 3 is 2.92 bits per heavy atom. The predicted molar refractivity (Wildman–Crippen MR) is 52.2 cm³/mol. The molecular formula is C9H4ClFOS. The van der Waals surface area contributed by atoms with Crippen molar-refractivity contribution in [3.05, 3.63) is 33.9 Å². The molecule has 66 valence electrons. The van der Waals surface area contributed by atoms with Crippen molar-refractivity contribution in [3.63, 3.8) is 0 Å². The summed E-state index contributed by atoms with van der Waals surface area (Å²) in [4.78, 5) is 10.4. The number of benzene rings is 1. The van der Waals surface area contributed by atoms with Crippen LogP contribution in [0.25, 0.3) is 10.1 Å². The molecule has 1 heterocycles. The molecule has 0 aliphatic carbocycles. The van der Waals surface area contributed by atoms with Gasteiger partial charge in [0.05, 0.1) is 9.72 Å². The fourth-order valence-electron chi connectivity index (χ4n) is 1.15. The molecule has 0 bridgehead atoms. The molecule has 0 aliphatic heterocycles. The van der Waals surface area contributed by atoms with Crippen LogP contribution in [0.15, 0.2) is 17.5 Å². The van der Waals surface area contributed by atoms with Gasteiger partial charge in [0.2, 0.25) is 0 Å². The van der Waals surface area contributed by atoms with Crippen LogP contribution in [-0.4, -0.2) is 6.29 Å². The number of carbonyl (C=O) groups is 1. The lowest BCUT2D eigenvalue weighted by Crippen LogP contribution is -1.82. The molecular weight excluding hydrogens is 211 g/mol. The van der Waals surface area contributed by atoms with E-state index in [1.54, 1.807) is 11.4 Å². The third kappa shape index (κ3) is 1.34. The van der Waals surface area contributed by atoms with E-state index in [1.165, 1.54) is 17.4 Å². The van der Waals surface area contributed by atoms with Crippen molar-refractivity contribution in [1.29, 1.82) is 0 Å². The average Bonchev–Trinajstić information content (AvgIpc) is 2.48. The molecule has 0 amide bonds. The highest BCUT2D eigenvalue weighted by Gasteiger charge is 2.08. The molecule has 0 atom stereocenters. The quantitative estimate of drug-likeness (QED) is 0.664. The first-order valence-electron chi connectivity index (χ1n) is 3.54. The Morgan fingerprint density at radius 1 is 1.46 bits per heavy atom. The summed E-state index contributed by atoms with van der Waals surface area (Å²) in [5.74, 6) is -0.392. The van der Waals surface area contributed by atoms with E-state index in [9.17, 15) is 9.18 Å². The smallest absolute Gasteiger partial charge is 0.150 e. The SMILES string of the molecule is O=Cc1cc(F)c2scc(Cl)c2c1. The third-order valence-corrected chi connectivity index (χ3v) is 3.19. The molecule has 0 fully saturated rings. The first-order valence-corrected chi connectivity index (χ1v) is 4.79. The van der Waals surface area contributed by atoms with E-state index in [-0.39, 0.29) is 0 Å². The molecule has 1 aromatic carbocycles. The lowest BCUT2D eigenvalue weighted by molar-refractivity contribution is 0.112. The van der Waals surface area contributed by atoms with Gasteiger partial charge in [-0.15, -0.1) is 11.3 Å². The fraction of sp³-hybridized carbons (Fsp3) is 0. The van der Waals surface area contributed by atoms with Gasteiger partial charge in [-0.3, -0.25) is 4.79 Å². The van der Waals surface area contributed by atoms with Crippen molar-refractivity contribution in [1.82, 2.24) is 0 Å². The summed E-state index contributed by atoms with van der Waals surface area (Å²) < 4.78 is 13.7. The standard InChI is InChI=1S/C9H4ClFOS/c10-7-4-13-9-6(7)1-5(3-12)2-8(9)11/h1-4H. The van der Waals surface area contributed by atoms with E-state index in [0.29, 0.717) is 27.0 Å². The molecule has 0 saturated heterocycles. The molecule has 1 nitrogen and oxygen atoms in total. The first kappa shape index (κ1) is 8.66. The first-order chi connectivity index (χ1) is 6.22. The highest BCUT2D eigenvalue weighted by atomic mass is 35.5. The minimum Gasteiger partial charge on any atom is -0.298 e. The van der Waals surface area contributed by atoms with Crippen LogP contribution < -0.4 is 0 Å². The predicted octanol–water partition coefficient (Wildman–Crippen LogP) is 3.51. The Labute approximate surface area is 82.7 Å². The summed E-state index contributed by atoms with van der Waals surface area (Å²) in [6.45, 7) is 0. The Morgan fingerprint density at radius 2 is 2.23 bits per heavy atom. The topological polar surface area (TPSA) is 17.1 Å². The van der Waals surface area contributed by atoms with Crippen molar-refractivity contribution in [2.24, 2.45) is 0 Å². The van der Waals surface area contributed by atoms with Gasteiger partial charge in [0.1, 0.15) is 12.1 Å². The number of carbonyl (C=O) groups excluding carboxylic acids is 1. The fourth-order valence-corrected chi connectivity index (χ4v) is 2.31. The molecule has 0 unspecified atom stereocenters. The summed E-state index contributed by atoms with van der Waals surface area (Å²) in [5, 5.41) is 2.75. The largest absolute Gasteiger partial charge is 0.298 e. The Kier molecular flexibility index (Phi) is 2.06. The van der Waals surface area contributed by atoms with Crippen LogP contribution in [0.5, 0.6) is 0 Å². The van der Waals surface area contributed by atoms with E-state index >= 15 is 0 Å². The molecule has 0 aliphatic rings. The van der Waals surface area contributed by atoms with Crippen LogP contribution in [0, 0.1) is 5.82 Å². The number of thiophene rings is 1. The Balaban J connectivity index is 2.87. The van der Waals surface area contributed by atoms with E-state index in [4.69, 9.17) is 11.6 Å². The molecule has 2 aromatic rings. The summed E-state index contributed by atoms with van der Waals surface area (Å²) in [5.41, 5.74) is 0.310. The minimum atomic E-state index is -0.392. The molecule has 1 aromatic heterocycles. The molecule has 0 saturated carbocycles. The van der Waals surface area contributed by atoms with Crippen LogP contribution in [0.4, 0.5) is 4.39 Å². The van der Waals surface area contributed by atoms with E-state index < -0.39 is 5.82 Å². The van der Waals surface area contributed by atoms with E-state index in [2.05, 4.69) is 0 Å². The molecule has 0 radical (unpaired) electrons. The zero-order chi connectivity index (χ0) is 9.42. The van der Waals surface area contributed by atoms with Crippen molar-refractivity contribution in [2.45, 2.75) is 0 Å². The van der Waals surface area contributed by atoms with Gasteiger partial charge in [-0.1, -0.05) is 11.6 Å². The van der Waals surface area contributed by atoms with Crippen LogP contribution in [0.1, 0.15) is 10.4 Å². The molecule has 2 rings (SSSR count). The van der Waals surface area contributed by atoms with Crippen LogP contribution in [0.2, 0.25) is 5.02 Å². The van der Waals surface area contributed by atoms with E-state index in [1.807, 2.05) is 0 Å². The normalized spacial score (nSPS) is 10.6. The van der Waals surface area contributed by atoms with Gasteiger partial charge < -0.3 is 0 Å². The van der Waals surface area contributed by atoms with Gasteiger partial charge in [-0.25, -0.2) is 4.39 Å². The lowest BCUT2D eigenvalue weighted by Gasteiger charge is -1.94. The zero-order valence-corrected chi connectivity index (χ0v) is 7.95. The second-order valence-corrected chi connectivity index (χ2v) is 3.87. The van der Waals surface area contributed by atoms with Gasteiger partial charge in [-0.2, -0.15) is 0 Å². The summed E-state index contributed by atoms with van der Waals surface area (Å²) >= 11 is 7.04. The van der Waals surface area contributed by atoms with Crippen molar-refractivity contribution < 1.29 is 9.18 Å². The number of aldehydes is 1. The lowest BCUT2D eigenvalue weighted by atomic mass is 10.2. The maximum atomic E-state index is 13.2. The van der Waals surface area contributed by atoms with Gasteiger partial charge in [0.15, 0.2) is 0 Å². The number of halogens is 2. The summed E-state index contributed by atoms with van der Waals surface area (Å²) in [6.07, 6.45) is 0.608. The Bertz CT molecular complexity index is 478. The maximum Gasteiger partial charge on any atom is 0.150 e. The second kappa shape index (κ2) is 3.09. The maximum absolute atomic E-state index is 13.2. The summed E-state index contributed by atoms with van der Waals surface area (Å²) in [7, 11) is 0. The van der Waals surface area contributed by atoms with Crippen LogP contribution >= 0.6 is 22.9 Å².